The summed E-state index contributed by atoms with van der Waals surface area (Å²) in [5.41, 5.74) is 2.03. The molecule has 0 fully saturated rings. The summed E-state index contributed by atoms with van der Waals surface area (Å²) in [5, 5.41) is 16.7. The minimum atomic E-state index is -1.06. The molecule has 0 radical (unpaired) electrons. The van der Waals surface area contributed by atoms with E-state index in [-0.39, 0.29) is 22.7 Å². The zero-order valence-corrected chi connectivity index (χ0v) is 25.5. The summed E-state index contributed by atoms with van der Waals surface area (Å²) in [7, 11) is 0. The molecule has 0 heterocycles. The van der Waals surface area contributed by atoms with E-state index in [0.717, 1.165) is 10.5 Å². The Morgan fingerprint density at radius 3 is 1.87 bits per heavy atom. The van der Waals surface area contributed by atoms with Crippen molar-refractivity contribution in [1.29, 1.82) is 0 Å². The molecule has 0 aliphatic rings. The lowest BCUT2D eigenvalue weighted by Crippen LogP contribution is -2.30. The van der Waals surface area contributed by atoms with E-state index in [9.17, 15) is 23.6 Å². The Balaban J connectivity index is 1.32. The topological polar surface area (TPSA) is 125 Å². The van der Waals surface area contributed by atoms with Crippen molar-refractivity contribution in [2.45, 2.75) is 10.1 Å². The quantitative estimate of drug-likeness (QED) is 0.0876. The smallest absolute Gasteiger partial charge is 0.335 e. The second kappa shape index (κ2) is 15.3. The molecule has 0 aromatic heterocycles. The summed E-state index contributed by atoms with van der Waals surface area (Å²) in [5.74, 6) is -3.11. The molecule has 5 aromatic rings. The molecule has 5 rings (SSSR count). The zero-order chi connectivity index (χ0) is 33.2. The number of aromatic carboxylic acids is 1. The molecular formula is C37H28FN3O5S. The van der Waals surface area contributed by atoms with Gasteiger partial charge in [0.15, 0.2) is 0 Å². The first-order valence-corrected chi connectivity index (χ1v) is 15.2. The number of hydrogen-bond acceptors (Lipinski definition) is 5. The summed E-state index contributed by atoms with van der Waals surface area (Å²) >= 11 is 1.29. The third-order valence-corrected chi connectivity index (χ3v) is 8.11. The molecule has 0 saturated heterocycles. The minimum absolute atomic E-state index is 0.109. The van der Waals surface area contributed by atoms with E-state index < -0.39 is 28.9 Å². The van der Waals surface area contributed by atoms with Crippen LogP contribution in [-0.4, -0.2) is 28.8 Å². The summed E-state index contributed by atoms with van der Waals surface area (Å²) < 4.78 is 14.5. The number of hydrogen-bond donors (Lipinski definition) is 4. The highest BCUT2D eigenvalue weighted by Crippen LogP contribution is 2.37. The van der Waals surface area contributed by atoms with Crippen LogP contribution in [0.1, 0.15) is 37.1 Å². The second-order valence-electron chi connectivity index (χ2n) is 10.2. The van der Waals surface area contributed by atoms with Crippen molar-refractivity contribution in [3.05, 3.63) is 167 Å². The average molecular weight is 646 g/mol. The normalized spacial score (nSPS) is 11.6. The Labute approximate surface area is 274 Å². The summed E-state index contributed by atoms with van der Waals surface area (Å²) in [4.78, 5) is 51.6. The molecule has 4 N–H and O–H groups in total. The van der Waals surface area contributed by atoms with Gasteiger partial charge in [0.05, 0.1) is 5.56 Å². The van der Waals surface area contributed by atoms with Crippen molar-refractivity contribution in [1.82, 2.24) is 5.32 Å². The van der Waals surface area contributed by atoms with Crippen LogP contribution in [0, 0.1) is 5.82 Å². The highest BCUT2D eigenvalue weighted by molar-refractivity contribution is 8.00. The molecule has 0 aliphatic heterocycles. The standard InChI is InChI=1S/C37H28FN3O5S/c38-31-14-8-7-13-27(31)23-32(41-34(42)25-11-5-2-6-12-25)35(43)39-29-19-21-30(22-20-29)47-33(24-9-3-1-4-10-24)36(44)40-28-17-15-26(16-18-28)37(45)46/h1-23,33H,(H,39,43)(H,40,44)(H,41,42)(H,45,46)/b32-23-. The first-order chi connectivity index (χ1) is 22.8. The van der Waals surface area contributed by atoms with Gasteiger partial charge in [-0.1, -0.05) is 66.7 Å². The first kappa shape index (κ1) is 32.4. The molecule has 3 amide bonds. The van der Waals surface area contributed by atoms with E-state index in [4.69, 9.17) is 5.11 Å². The van der Waals surface area contributed by atoms with Crippen molar-refractivity contribution in [3.8, 4) is 0 Å². The summed E-state index contributed by atoms with van der Waals surface area (Å²) in [6.45, 7) is 0. The van der Waals surface area contributed by atoms with Crippen molar-refractivity contribution < 1.29 is 28.7 Å². The first-order valence-electron chi connectivity index (χ1n) is 14.4. The largest absolute Gasteiger partial charge is 0.478 e. The Morgan fingerprint density at radius 1 is 0.660 bits per heavy atom. The molecule has 0 aliphatic carbocycles. The van der Waals surface area contributed by atoms with E-state index in [1.807, 2.05) is 30.3 Å². The predicted octanol–water partition coefficient (Wildman–Crippen LogP) is 7.41. The number of anilines is 2. The van der Waals surface area contributed by atoms with Gasteiger partial charge >= 0.3 is 5.97 Å². The fourth-order valence-electron chi connectivity index (χ4n) is 4.45. The lowest BCUT2D eigenvalue weighted by atomic mass is 10.1. The predicted molar refractivity (Wildman–Crippen MR) is 180 cm³/mol. The maximum Gasteiger partial charge on any atom is 0.335 e. The van der Waals surface area contributed by atoms with Crippen LogP contribution in [0.5, 0.6) is 0 Å². The van der Waals surface area contributed by atoms with E-state index in [1.54, 1.807) is 60.7 Å². The number of rotatable bonds is 11. The Hall–Kier alpha value is -6.00. The number of carboxylic acids is 1. The molecule has 0 saturated carbocycles. The fourth-order valence-corrected chi connectivity index (χ4v) is 5.47. The van der Waals surface area contributed by atoms with Gasteiger partial charge in [0, 0.05) is 27.4 Å². The highest BCUT2D eigenvalue weighted by Gasteiger charge is 2.23. The van der Waals surface area contributed by atoms with Gasteiger partial charge in [-0.15, -0.1) is 11.8 Å². The molecule has 8 nitrogen and oxygen atoms in total. The van der Waals surface area contributed by atoms with Crippen molar-refractivity contribution in [2.24, 2.45) is 0 Å². The number of carbonyl (C=O) groups is 4. The second-order valence-corrected chi connectivity index (χ2v) is 11.3. The number of halogens is 1. The Kier molecular flexibility index (Phi) is 10.6. The number of thioether (sulfide) groups is 1. The van der Waals surface area contributed by atoms with Crippen LogP contribution in [0.2, 0.25) is 0 Å². The third kappa shape index (κ3) is 8.80. The number of carboxylic acid groups (broad SMARTS) is 1. The molecule has 47 heavy (non-hydrogen) atoms. The maximum atomic E-state index is 14.5. The van der Waals surface area contributed by atoms with Gasteiger partial charge in [0.2, 0.25) is 5.91 Å². The molecule has 1 unspecified atom stereocenters. The van der Waals surface area contributed by atoms with Crippen LogP contribution in [0.4, 0.5) is 15.8 Å². The van der Waals surface area contributed by atoms with Crippen LogP contribution in [0.3, 0.4) is 0 Å². The van der Waals surface area contributed by atoms with E-state index in [2.05, 4.69) is 16.0 Å². The Bertz CT molecular complexity index is 1920. The molecule has 234 valence electrons. The minimum Gasteiger partial charge on any atom is -0.478 e. The van der Waals surface area contributed by atoms with Crippen LogP contribution in [0.25, 0.3) is 6.08 Å². The highest BCUT2D eigenvalue weighted by atomic mass is 32.2. The maximum absolute atomic E-state index is 14.5. The van der Waals surface area contributed by atoms with Crippen LogP contribution >= 0.6 is 11.8 Å². The van der Waals surface area contributed by atoms with Gasteiger partial charge < -0.3 is 21.1 Å². The average Bonchev–Trinajstić information content (AvgIpc) is 3.09. The van der Waals surface area contributed by atoms with E-state index in [0.29, 0.717) is 16.9 Å². The number of amides is 3. The van der Waals surface area contributed by atoms with Gasteiger partial charge in [-0.2, -0.15) is 0 Å². The van der Waals surface area contributed by atoms with E-state index >= 15 is 0 Å². The molecule has 0 bridgehead atoms. The van der Waals surface area contributed by atoms with Crippen LogP contribution < -0.4 is 16.0 Å². The zero-order valence-electron chi connectivity index (χ0n) is 24.7. The monoisotopic (exact) mass is 645 g/mol. The molecular weight excluding hydrogens is 617 g/mol. The molecule has 5 aromatic carbocycles. The number of benzene rings is 5. The van der Waals surface area contributed by atoms with Gasteiger partial charge in [-0.3, -0.25) is 14.4 Å². The van der Waals surface area contributed by atoms with Gasteiger partial charge in [-0.05, 0) is 78.4 Å². The van der Waals surface area contributed by atoms with Crippen LogP contribution in [-0.2, 0) is 9.59 Å². The van der Waals surface area contributed by atoms with Crippen molar-refractivity contribution >= 4 is 52.9 Å². The number of nitrogens with one attached hydrogen (secondary N) is 3. The number of carbonyl (C=O) groups excluding carboxylic acids is 3. The van der Waals surface area contributed by atoms with Crippen LogP contribution in [0.15, 0.2) is 144 Å². The lowest BCUT2D eigenvalue weighted by molar-refractivity contribution is -0.116. The van der Waals surface area contributed by atoms with Gasteiger partial charge in [0.1, 0.15) is 16.8 Å². The van der Waals surface area contributed by atoms with Crippen molar-refractivity contribution in [3.63, 3.8) is 0 Å². The SMILES string of the molecule is O=C(Nc1ccc(SC(C(=O)Nc2ccc(C(=O)O)cc2)c2ccccc2)cc1)/C(=C/c1ccccc1F)NC(=O)c1ccccc1. The summed E-state index contributed by atoms with van der Waals surface area (Å²) in [6.07, 6.45) is 1.27. The third-order valence-electron chi connectivity index (χ3n) is 6.84. The van der Waals surface area contributed by atoms with E-state index in [1.165, 1.54) is 60.3 Å². The fraction of sp³-hybridized carbons (Fsp3) is 0.0270. The van der Waals surface area contributed by atoms with Gasteiger partial charge in [0.25, 0.3) is 11.8 Å². The molecule has 1 atom stereocenters. The summed E-state index contributed by atoms with van der Waals surface area (Å²) in [6, 6.07) is 36.1. The Morgan fingerprint density at radius 2 is 1.23 bits per heavy atom. The van der Waals surface area contributed by atoms with Crippen molar-refractivity contribution in [2.75, 3.05) is 10.6 Å². The molecule has 0 spiro atoms. The van der Waals surface area contributed by atoms with Gasteiger partial charge in [-0.25, -0.2) is 9.18 Å². The molecule has 10 heteroatoms. The lowest BCUT2D eigenvalue weighted by Gasteiger charge is -2.18.